The van der Waals surface area contributed by atoms with E-state index in [-0.39, 0.29) is 73.4 Å². The van der Waals surface area contributed by atoms with Crippen LogP contribution in [0.1, 0.15) is 122 Å². The lowest BCUT2D eigenvalue weighted by Crippen LogP contribution is -2.66. The number of phenols is 2. The molecule has 0 radical (unpaired) electrons. The summed E-state index contributed by atoms with van der Waals surface area (Å²) in [6, 6.07) is 10.6. The van der Waals surface area contributed by atoms with E-state index in [1.165, 1.54) is 36.9 Å². The van der Waals surface area contributed by atoms with Gasteiger partial charge in [0.25, 0.3) is 0 Å². The van der Waals surface area contributed by atoms with Gasteiger partial charge in [-0.25, -0.2) is 0 Å². The Bertz CT molecular complexity index is 1810. The van der Waals surface area contributed by atoms with Gasteiger partial charge in [0.05, 0.1) is 29.8 Å². The molecular weight excluding hydrogens is 656 g/mol. The Labute approximate surface area is 308 Å². The van der Waals surface area contributed by atoms with Crippen molar-refractivity contribution in [2.45, 2.75) is 112 Å². The van der Waals surface area contributed by atoms with Crippen LogP contribution in [-0.2, 0) is 9.59 Å². The smallest absolute Gasteiger partial charge is 0.309 e. The fourth-order valence-corrected chi connectivity index (χ4v) is 12.0. The zero-order valence-corrected chi connectivity index (χ0v) is 32.2. The van der Waals surface area contributed by atoms with Crippen LogP contribution in [0.5, 0.6) is 17.2 Å². The number of hydrogen-bond donors (Lipinski definition) is 4. The third-order valence-corrected chi connectivity index (χ3v) is 15.7. The van der Waals surface area contributed by atoms with Crippen LogP contribution in [0.2, 0.25) is 0 Å². The molecule has 2 aromatic carbocycles. The number of ether oxygens (including phenoxy) is 1. The number of fused-ring (bicyclic) bond motifs is 7. The standard InChI is InChI=1S/C30H46O4.C14H12O4/c1-25(2)21-8-11-30(7)23(28(21,5)10-9-22(25)32)20(31)16-18-19-17-27(4,24(33)34)13-12-26(19,3)14-15-29(18,30)6;1-18-9-6-7-11(13(16)8-9)14(17)10-4-2-3-5-12(10)15/h16,19,21-23,32H,8-15,17H2,1-7H3,(H,33,34);2-8,15-16H,1H3. The minimum atomic E-state index is -0.711. The number of aliphatic hydroxyl groups is 1. The van der Waals surface area contributed by atoms with Crippen molar-refractivity contribution < 1.29 is 39.5 Å². The highest BCUT2D eigenvalue weighted by Crippen LogP contribution is 2.75. The molecule has 4 saturated carbocycles. The Hall–Kier alpha value is -3.65. The van der Waals surface area contributed by atoms with Crippen LogP contribution in [0.4, 0.5) is 0 Å². The number of methoxy groups -OCH3 is 1. The second kappa shape index (κ2) is 12.7. The number of carboxylic acids is 1. The molecule has 0 saturated heterocycles. The highest BCUT2D eigenvalue weighted by atomic mass is 16.5. The summed E-state index contributed by atoms with van der Waals surface area (Å²) in [4.78, 5) is 38.6. The molecule has 9 atom stereocenters. The first-order chi connectivity index (χ1) is 24.2. The Morgan fingerprint density at radius 1 is 0.808 bits per heavy atom. The highest BCUT2D eigenvalue weighted by Gasteiger charge is 2.70. The first kappa shape index (κ1) is 38.1. The summed E-state index contributed by atoms with van der Waals surface area (Å²) < 4.78 is 4.94. The molecule has 0 heterocycles. The summed E-state index contributed by atoms with van der Waals surface area (Å²) >= 11 is 0. The van der Waals surface area contributed by atoms with Crippen molar-refractivity contribution >= 4 is 17.5 Å². The first-order valence-electron chi connectivity index (χ1n) is 19.1. The molecule has 9 unspecified atom stereocenters. The summed E-state index contributed by atoms with van der Waals surface area (Å²) in [6.45, 7) is 15.8. The zero-order valence-electron chi connectivity index (χ0n) is 32.2. The second-order valence-electron chi connectivity index (χ2n) is 18.7. The van der Waals surface area contributed by atoms with Gasteiger partial charge in [0.15, 0.2) is 11.6 Å². The van der Waals surface area contributed by atoms with Gasteiger partial charge in [0.2, 0.25) is 0 Å². The maximum atomic E-state index is 14.2. The highest BCUT2D eigenvalue weighted by molar-refractivity contribution is 6.12. The molecule has 0 amide bonds. The van der Waals surface area contributed by atoms with E-state index >= 15 is 0 Å². The van der Waals surface area contributed by atoms with Crippen LogP contribution in [0.25, 0.3) is 0 Å². The fraction of sp³-hybridized carbons (Fsp3) is 0.614. The Kier molecular flexibility index (Phi) is 9.33. The lowest BCUT2D eigenvalue weighted by molar-refractivity contribution is -0.202. The predicted molar refractivity (Wildman–Crippen MR) is 199 cm³/mol. The van der Waals surface area contributed by atoms with Crippen molar-refractivity contribution in [2.24, 2.45) is 50.2 Å². The third kappa shape index (κ3) is 5.61. The van der Waals surface area contributed by atoms with E-state index in [1.54, 1.807) is 18.2 Å². The number of aromatic hydroxyl groups is 2. The molecular formula is C44H58O8. The number of benzene rings is 2. The van der Waals surface area contributed by atoms with Crippen LogP contribution in [0.3, 0.4) is 0 Å². The van der Waals surface area contributed by atoms with Gasteiger partial charge in [-0.2, -0.15) is 0 Å². The molecule has 5 aliphatic carbocycles. The number of rotatable bonds is 4. The molecule has 0 aromatic heterocycles. The molecule has 0 spiro atoms. The normalized spacial score (nSPS) is 38.9. The molecule has 4 fully saturated rings. The van der Waals surface area contributed by atoms with Gasteiger partial charge in [0.1, 0.15) is 17.2 Å². The summed E-state index contributed by atoms with van der Waals surface area (Å²) in [6.07, 6.45) is 9.95. The minimum absolute atomic E-state index is 0.0296. The van der Waals surface area contributed by atoms with E-state index in [2.05, 4.69) is 41.5 Å². The average molecular weight is 715 g/mol. The Morgan fingerprint density at radius 3 is 2.10 bits per heavy atom. The number of hydrogen-bond acceptors (Lipinski definition) is 7. The third-order valence-electron chi connectivity index (χ3n) is 15.7. The fourth-order valence-electron chi connectivity index (χ4n) is 12.0. The number of aliphatic hydroxyl groups excluding tert-OH is 1. The predicted octanol–water partition coefficient (Wildman–Crippen LogP) is 8.75. The molecule has 7 rings (SSSR count). The number of phenolic OH excluding ortho intramolecular Hbond substituents is 2. The largest absolute Gasteiger partial charge is 0.507 e. The van der Waals surface area contributed by atoms with Gasteiger partial charge >= 0.3 is 5.97 Å². The van der Waals surface area contributed by atoms with E-state index in [0.29, 0.717) is 18.1 Å². The Balaban J connectivity index is 0.000000217. The molecule has 5 aliphatic rings. The van der Waals surface area contributed by atoms with Crippen molar-refractivity contribution in [2.75, 3.05) is 7.11 Å². The average Bonchev–Trinajstić information content (AvgIpc) is 3.08. The minimum Gasteiger partial charge on any atom is -0.507 e. The number of carbonyl (C=O) groups excluding carboxylic acids is 2. The maximum Gasteiger partial charge on any atom is 0.309 e. The van der Waals surface area contributed by atoms with Crippen LogP contribution in [0.15, 0.2) is 54.1 Å². The second-order valence-corrected chi connectivity index (χ2v) is 18.7. The van der Waals surface area contributed by atoms with E-state index in [9.17, 15) is 34.8 Å². The van der Waals surface area contributed by atoms with Crippen molar-refractivity contribution in [3.63, 3.8) is 0 Å². The van der Waals surface area contributed by atoms with Crippen molar-refractivity contribution in [1.29, 1.82) is 0 Å². The van der Waals surface area contributed by atoms with Gasteiger partial charge in [-0.15, -0.1) is 0 Å². The monoisotopic (exact) mass is 714 g/mol. The number of aliphatic carboxylic acids is 1. The lowest BCUT2D eigenvalue weighted by Gasteiger charge is -2.70. The van der Waals surface area contributed by atoms with E-state index in [0.717, 1.165) is 51.4 Å². The van der Waals surface area contributed by atoms with Crippen molar-refractivity contribution in [1.82, 2.24) is 0 Å². The van der Waals surface area contributed by atoms with Crippen molar-refractivity contribution in [3.8, 4) is 17.2 Å². The summed E-state index contributed by atoms with van der Waals surface area (Å²) in [5.74, 6) is -0.208. The van der Waals surface area contributed by atoms with Gasteiger partial charge in [-0.1, -0.05) is 59.2 Å². The number of carbonyl (C=O) groups is 3. The van der Waals surface area contributed by atoms with Crippen LogP contribution in [0, 0.1) is 50.2 Å². The van der Waals surface area contributed by atoms with Crippen molar-refractivity contribution in [3.05, 3.63) is 65.2 Å². The molecule has 8 heteroatoms. The van der Waals surface area contributed by atoms with Gasteiger partial charge < -0.3 is 25.2 Å². The quantitative estimate of drug-likeness (QED) is 0.231. The van der Waals surface area contributed by atoms with Gasteiger partial charge in [-0.05, 0) is 134 Å². The number of allylic oxidation sites excluding steroid dienone is 2. The van der Waals surface area contributed by atoms with E-state index < -0.39 is 17.2 Å². The molecule has 4 N–H and O–H groups in total. The van der Waals surface area contributed by atoms with E-state index in [1.807, 2.05) is 13.0 Å². The molecule has 0 bridgehead atoms. The summed E-state index contributed by atoms with van der Waals surface area (Å²) in [7, 11) is 1.47. The number of carboxylic acid groups (broad SMARTS) is 1. The van der Waals surface area contributed by atoms with Crippen LogP contribution < -0.4 is 4.74 Å². The SMILES string of the molecule is CC1(C(=O)O)CCC2(C)CCC3(C)C(=CC(=O)C4C5(C)CCC(O)C(C)(C)C5CCC43C)C2C1.COc1ccc(C(=O)c2ccccc2O)c(O)c1. The summed E-state index contributed by atoms with van der Waals surface area (Å²) in [5.41, 5.74) is 0.415. The molecule has 282 valence electrons. The van der Waals surface area contributed by atoms with Gasteiger partial charge in [-0.3, -0.25) is 14.4 Å². The molecule has 52 heavy (non-hydrogen) atoms. The first-order valence-corrected chi connectivity index (χ1v) is 19.1. The molecule has 8 nitrogen and oxygen atoms in total. The van der Waals surface area contributed by atoms with Crippen LogP contribution >= 0.6 is 0 Å². The topological polar surface area (TPSA) is 141 Å². The molecule has 0 aliphatic heterocycles. The van der Waals surface area contributed by atoms with Gasteiger partial charge in [0, 0.05) is 12.0 Å². The zero-order chi connectivity index (χ0) is 38.2. The maximum absolute atomic E-state index is 14.2. The lowest BCUT2D eigenvalue weighted by atomic mass is 9.33. The number of ketones is 2. The molecule has 2 aromatic rings. The van der Waals surface area contributed by atoms with Crippen LogP contribution in [-0.4, -0.2) is 51.2 Å². The Morgan fingerprint density at radius 2 is 1.46 bits per heavy atom. The number of para-hydroxylation sites is 1. The summed E-state index contributed by atoms with van der Waals surface area (Å²) in [5, 5.41) is 40.3. The van der Waals surface area contributed by atoms with E-state index in [4.69, 9.17) is 4.74 Å².